The summed E-state index contributed by atoms with van der Waals surface area (Å²) in [7, 11) is -3.37. The monoisotopic (exact) mass is 374 g/mol. The fraction of sp³-hybridized carbons (Fsp3) is 0.500. The average molecular weight is 375 g/mol. The molecule has 2 rings (SSSR count). The fourth-order valence-corrected chi connectivity index (χ4v) is 3.47. The van der Waals surface area contributed by atoms with Crippen LogP contribution in [0.1, 0.15) is 38.3 Å². The van der Waals surface area contributed by atoms with Crippen molar-refractivity contribution in [2.24, 2.45) is 0 Å². The Hall–Kier alpha value is -0.920. The number of amides is 1. The van der Waals surface area contributed by atoms with E-state index in [-0.39, 0.29) is 18.0 Å². The molecule has 1 aliphatic rings. The van der Waals surface area contributed by atoms with Gasteiger partial charge in [-0.1, -0.05) is 28.1 Å². The van der Waals surface area contributed by atoms with Crippen LogP contribution in [0.15, 0.2) is 28.7 Å². The Morgan fingerprint density at radius 3 is 2.48 bits per heavy atom. The second-order valence-electron chi connectivity index (χ2n) is 5.45. The summed E-state index contributed by atoms with van der Waals surface area (Å²) in [5.74, 6) is -0.0529. The van der Waals surface area contributed by atoms with E-state index in [9.17, 15) is 13.2 Å². The van der Waals surface area contributed by atoms with Crippen LogP contribution in [-0.4, -0.2) is 25.6 Å². The molecule has 2 atom stereocenters. The topological polar surface area (TPSA) is 75.3 Å². The van der Waals surface area contributed by atoms with Crippen molar-refractivity contribution in [2.75, 3.05) is 0 Å². The highest BCUT2D eigenvalue weighted by molar-refractivity contribution is 9.10. The lowest BCUT2D eigenvalue weighted by Gasteiger charge is -2.33. The van der Waals surface area contributed by atoms with Crippen LogP contribution in [0.2, 0.25) is 0 Å². The summed E-state index contributed by atoms with van der Waals surface area (Å²) in [6, 6.07) is 6.87. The number of rotatable bonds is 4. The Balaban J connectivity index is 2.25. The molecule has 0 radical (unpaired) electrons. The predicted octanol–water partition coefficient (Wildman–Crippen LogP) is 2.10. The Morgan fingerprint density at radius 2 is 1.90 bits per heavy atom. The lowest BCUT2D eigenvalue weighted by atomic mass is 9.93. The van der Waals surface area contributed by atoms with Crippen LogP contribution in [0.5, 0.6) is 0 Å². The van der Waals surface area contributed by atoms with Crippen LogP contribution in [0.4, 0.5) is 0 Å². The minimum Gasteiger partial charge on any atom is -0.348 e. The minimum atomic E-state index is -3.37. The molecule has 1 amide bonds. The molecule has 1 fully saturated rings. The molecule has 0 unspecified atom stereocenters. The maximum Gasteiger partial charge on any atom is 0.220 e. The van der Waals surface area contributed by atoms with Crippen LogP contribution in [0, 0.1) is 0 Å². The van der Waals surface area contributed by atoms with Crippen molar-refractivity contribution >= 4 is 31.9 Å². The SMILES string of the molecule is CC(C)S(=O)(=O)N[C@@H]1CCC(=O)N[C@H]1c1ccc(Br)cc1. The van der Waals surface area contributed by atoms with E-state index in [1.54, 1.807) is 13.8 Å². The molecule has 5 nitrogen and oxygen atoms in total. The summed E-state index contributed by atoms with van der Waals surface area (Å²) in [6.07, 6.45) is 0.830. The van der Waals surface area contributed by atoms with Crippen LogP contribution in [0.3, 0.4) is 0 Å². The van der Waals surface area contributed by atoms with Crippen molar-refractivity contribution in [3.8, 4) is 0 Å². The molecule has 0 aliphatic carbocycles. The Labute approximate surface area is 133 Å². The highest BCUT2D eigenvalue weighted by Crippen LogP contribution is 2.26. The van der Waals surface area contributed by atoms with Gasteiger partial charge in [0.05, 0.1) is 11.3 Å². The van der Waals surface area contributed by atoms with E-state index >= 15 is 0 Å². The van der Waals surface area contributed by atoms with Crippen LogP contribution >= 0.6 is 15.9 Å². The van der Waals surface area contributed by atoms with Gasteiger partial charge in [-0.25, -0.2) is 13.1 Å². The molecule has 1 heterocycles. The number of hydrogen-bond acceptors (Lipinski definition) is 3. The second-order valence-corrected chi connectivity index (χ2v) is 8.64. The van der Waals surface area contributed by atoms with Gasteiger partial charge >= 0.3 is 0 Å². The normalized spacial score (nSPS) is 23.1. The van der Waals surface area contributed by atoms with Crippen molar-refractivity contribution in [2.45, 2.75) is 44.0 Å². The van der Waals surface area contributed by atoms with Crippen molar-refractivity contribution in [3.05, 3.63) is 34.3 Å². The standard InChI is InChI=1S/C14H19BrN2O3S/c1-9(2)21(19,20)17-12-7-8-13(18)16-14(12)10-3-5-11(15)6-4-10/h3-6,9,12,14,17H,7-8H2,1-2H3,(H,16,18)/t12-,14+/m1/s1. The number of hydrogen-bond donors (Lipinski definition) is 2. The van der Waals surface area contributed by atoms with Gasteiger partial charge in [0.15, 0.2) is 0 Å². The zero-order valence-electron chi connectivity index (χ0n) is 12.0. The third-order valence-electron chi connectivity index (χ3n) is 3.57. The first-order valence-electron chi connectivity index (χ1n) is 6.85. The molecule has 116 valence electrons. The van der Waals surface area contributed by atoms with Crippen LogP contribution < -0.4 is 10.0 Å². The summed E-state index contributed by atoms with van der Waals surface area (Å²) in [6.45, 7) is 3.27. The van der Waals surface area contributed by atoms with E-state index in [4.69, 9.17) is 0 Å². The van der Waals surface area contributed by atoms with Crippen molar-refractivity contribution in [1.29, 1.82) is 0 Å². The van der Waals surface area contributed by atoms with Gasteiger partial charge in [-0.05, 0) is 38.0 Å². The van der Waals surface area contributed by atoms with Gasteiger partial charge in [0.25, 0.3) is 0 Å². The van der Waals surface area contributed by atoms with Gasteiger partial charge in [0.2, 0.25) is 15.9 Å². The molecular formula is C14H19BrN2O3S. The summed E-state index contributed by atoms with van der Waals surface area (Å²) < 4.78 is 27.8. The molecule has 1 aliphatic heterocycles. The lowest BCUT2D eigenvalue weighted by molar-refractivity contribution is -0.123. The molecule has 7 heteroatoms. The van der Waals surface area contributed by atoms with Crippen LogP contribution in [0.25, 0.3) is 0 Å². The highest BCUT2D eigenvalue weighted by Gasteiger charge is 2.33. The van der Waals surface area contributed by atoms with Crippen molar-refractivity contribution in [3.63, 3.8) is 0 Å². The number of carbonyl (C=O) groups excluding carboxylic acids is 1. The van der Waals surface area contributed by atoms with Gasteiger partial charge in [-0.3, -0.25) is 4.79 Å². The summed E-state index contributed by atoms with van der Waals surface area (Å²) in [4.78, 5) is 11.7. The van der Waals surface area contributed by atoms with Gasteiger partial charge < -0.3 is 5.32 Å². The quantitative estimate of drug-likeness (QED) is 0.846. The van der Waals surface area contributed by atoms with Gasteiger partial charge in [0, 0.05) is 16.9 Å². The maximum atomic E-state index is 12.1. The highest BCUT2D eigenvalue weighted by atomic mass is 79.9. The number of benzene rings is 1. The third-order valence-corrected chi connectivity index (χ3v) is 5.97. The fourth-order valence-electron chi connectivity index (χ4n) is 2.26. The average Bonchev–Trinajstić information content (AvgIpc) is 2.41. The van der Waals surface area contributed by atoms with E-state index in [1.165, 1.54) is 0 Å². The molecule has 0 aromatic heterocycles. The summed E-state index contributed by atoms with van der Waals surface area (Å²) in [5.41, 5.74) is 0.891. The first-order chi connectivity index (χ1) is 9.79. The minimum absolute atomic E-state index is 0.0529. The largest absolute Gasteiger partial charge is 0.348 e. The lowest BCUT2D eigenvalue weighted by Crippen LogP contribution is -2.51. The molecule has 1 saturated heterocycles. The van der Waals surface area contributed by atoms with E-state index in [2.05, 4.69) is 26.0 Å². The number of halogens is 1. The van der Waals surface area contributed by atoms with Gasteiger partial charge in [0.1, 0.15) is 0 Å². The van der Waals surface area contributed by atoms with Crippen LogP contribution in [-0.2, 0) is 14.8 Å². The number of sulfonamides is 1. The zero-order valence-corrected chi connectivity index (χ0v) is 14.4. The molecule has 0 bridgehead atoms. The van der Waals surface area contributed by atoms with Gasteiger partial charge in [-0.2, -0.15) is 0 Å². The first kappa shape index (κ1) is 16.5. The Morgan fingerprint density at radius 1 is 1.29 bits per heavy atom. The Bertz CT molecular complexity index is 614. The molecule has 1 aromatic rings. The van der Waals surface area contributed by atoms with E-state index < -0.39 is 15.3 Å². The summed E-state index contributed by atoms with van der Waals surface area (Å²) in [5, 5.41) is 2.38. The molecule has 2 N–H and O–H groups in total. The molecule has 1 aromatic carbocycles. The smallest absolute Gasteiger partial charge is 0.220 e. The molecule has 0 spiro atoms. The first-order valence-corrected chi connectivity index (χ1v) is 9.19. The predicted molar refractivity (Wildman–Crippen MR) is 85.2 cm³/mol. The third kappa shape index (κ3) is 4.05. The Kier molecular flexibility index (Phi) is 5.06. The van der Waals surface area contributed by atoms with E-state index in [0.717, 1.165) is 10.0 Å². The van der Waals surface area contributed by atoms with Gasteiger partial charge in [-0.15, -0.1) is 0 Å². The second kappa shape index (κ2) is 6.46. The molecular weight excluding hydrogens is 356 g/mol. The molecule has 0 saturated carbocycles. The van der Waals surface area contributed by atoms with Crippen molar-refractivity contribution in [1.82, 2.24) is 10.0 Å². The van der Waals surface area contributed by atoms with E-state index in [0.29, 0.717) is 12.8 Å². The maximum absolute atomic E-state index is 12.1. The summed E-state index contributed by atoms with van der Waals surface area (Å²) >= 11 is 3.37. The number of nitrogens with one attached hydrogen (secondary N) is 2. The molecule has 21 heavy (non-hydrogen) atoms. The number of piperidine rings is 1. The number of carbonyl (C=O) groups is 1. The van der Waals surface area contributed by atoms with E-state index in [1.807, 2.05) is 24.3 Å². The van der Waals surface area contributed by atoms with Crippen molar-refractivity contribution < 1.29 is 13.2 Å². The zero-order chi connectivity index (χ0) is 15.6.